The van der Waals surface area contributed by atoms with Gasteiger partial charge in [-0.1, -0.05) is 19.1 Å². The van der Waals surface area contributed by atoms with Crippen molar-refractivity contribution in [2.24, 2.45) is 5.92 Å². The van der Waals surface area contributed by atoms with Gasteiger partial charge >= 0.3 is 12.1 Å². The van der Waals surface area contributed by atoms with E-state index >= 15 is 0 Å². The number of hydrogen-bond acceptors (Lipinski definition) is 2. The number of amides is 1. The van der Waals surface area contributed by atoms with Crippen molar-refractivity contribution in [3.63, 3.8) is 0 Å². The van der Waals surface area contributed by atoms with Crippen LogP contribution in [0.25, 0.3) is 0 Å². The Kier molecular flexibility index (Phi) is 6.18. The van der Waals surface area contributed by atoms with Crippen molar-refractivity contribution < 1.29 is 27.9 Å². The molecule has 0 heterocycles. The van der Waals surface area contributed by atoms with Crippen molar-refractivity contribution in [3.05, 3.63) is 35.4 Å². The molecule has 0 saturated heterocycles. The molecule has 1 aromatic rings. The minimum absolute atomic E-state index is 0.0715. The fourth-order valence-electron chi connectivity index (χ4n) is 2.05. The molecule has 0 aromatic heterocycles. The summed E-state index contributed by atoms with van der Waals surface area (Å²) < 4.78 is 37.5. The summed E-state index contributed by atoms with van der Waals surface area (Å²) in [6, 6.07) is 4.14. The molecule has 0 aliphatic rings. The summed E-state index contributed by atoms with van der Waals surface area (Å²) in [5.41, 5.74) is -0.117. The number of rotatable bonds is 6. The molecule has 4 nitrogen and oxygen atoms in total. The second-order valence-corrected chi connectivity index (χ2v) is 5.71. The van der Waals surface area contributed by atoms with Gasteiger partial charge in [-0.2, -0.15) is 13.2 Å². The zero-order chi connectivity index (χ0) is 17.8. The van der Waals surface area contributed by atoms with Crippen molar-refractivity contribution in [2.45, 2.75) is 45.3 Å². The van der Waals surface area contributed by atoms with Crippen molar-refractivity contribution in [1.82, 2.24) is 5.32 Å². The third-order valence-electron chi connectivity index (χ3n) is 3.83. The summed E-state index contributed by atoms with van der Waals surface area (Å²) in [5.74, 6) is -2.34. The van der Waals surface area contributed by atoms with Crippen LogP contribution in [0.1, 0.15) is 44.2 Å². The van der Waals surface area contributed by atoms with Gasteiger partial charge < -0.3 is 10.4 Å². The van der Waals surface area contributed by atoms with Crippen molar-refractivity contribution in [2.75, 3.05) is 0 Å². The maximum atomic E-state index is 12.5. The Labute approximate surface area is 132 Å². The Morgan fingerprint density at radius 2 is 1.65 bits per heavy atom. The quantitative estimate of drug-likeness (QED) is 0.839. The molecule has 1 rings (SSSR count). The second-order valence-electron chi connectivity index (χ2n) is 5.71. The Hall–Kier alpha value is -2.05. The average Bonchev–Trinajstić information content (AvgIpc) is 2.45. The predicted molar refractivity (Wildman–Crippen MR) is 78.9 cm³/mol. The fraction of sp³-hybridized carbons (Fsp3) is 0.500. The van der Waals surface area contributed by atoms with Crippen LogP contribution in [0.3, 0.4) is 0 Å². The third-order valence-corrected chi connectivity index (χ3v) is 3.83. The molecular formula is C16H20F3NO3. The number of carbonyl (C=O) groups excluding carboxylic acids is 1. The average molecular weight is 331 g/mol. The monoisotopic (exact) mass is 331 g/mol. The first kappa shape index (κ1) is 19.0. The molecule has 3 atom stereocenters. The van der Waals surface area contributed by atoms with Gasteiger partial charge in [0, 0.05) is 12.5 Å². The van der Waals surface area contributed by atoms with Crippen LogP contribution < -0.4 is 5.32 Å². The molecule has 1 amide bonds. The van der Waals surface area contributed by atoms with Gasteiger partial charge in [0.1, 0.15) is 0 Å². The van der Waals surface area contributed by atoms with E-state index in [0.717, 1.165) is 12.1 Å². The Bertz CT molecular complexity index is 555. The highest BCUT2D eigenvalue weighted by Crippen LogP contribution is 2.30. The van der Waals surface area contributed by atoms with E-state index in [1.807, 2.05) is 0 Å². The minimum atomic E-state index is -4.39. The van der Waals surface area contributed by atoms with Gasteiger partial charge in [0.25, 0.3) is 0 Å². The third kappa shape index (κ3) is 5.58. The molecule has 0 bridgehead atoms. The Morgan fingerprint density at radius 1 is 1.13 bits per heavy atom. The first-order chi connectivity index (χ1) is 10.5. The molecule has 0 aliphatic carbocycles. The van der Waals surface area contributed by atoms with Gasteiger partial charge in [0.05, 0.1) is 11.5 Å². The van der Waals surface area contributed by atoms with Crippen LogP contribution >= 0.6 is 0 Å². The lowest BCUT2D eigenvalue weighted by atomic mass is 9.95. The molecule has 0 fully saturated rings. The van der Waals surface area contributed by atoms with Gasteiger partial charge in [-0.05, 0) is 37.5 Å². The van der Waals surface area contributed by atoms with E-state index in [4.69, 9.17) is 5.11 Å². The normalized spacial score (nSPS) is 15.6. The minimum Gasteiger partial charge on any atom is -0.481 e. The smallest absolute Gasteiger partial charge is 0.416 e. The highest BCUT2D eigenvalue weighted by Gasteiger charge is 2.30. The van der Waals surface area contributed by atoms with E-state index in [2.05, 4.69) is 5.32 Å². The maximum absolute atomic E-state index is 12.5. The summed E-state index contributed by atoms with van der Waals surface area (Å²) in [6.07, 6.45) is -4.32. The summed E-state index contributed by atoms with van der Waals surface area (Å²) >= 11 is 0. The molecule has 7 heteroatoms. The standard InChI is InChI=1S/C16H20F3NO3/c1-9(8-14(21)20-11(3)10(2)15(22)23)12-4-6-13(7-5-12)16(17,18)19/h4-7,9-11H,8H2,1-3H3,(H,20,21)(H,22,23). The lowest BCUT2D eigenvalue weighted by molar-refractivity contribution is -0.142. The predicted octanol–water partition coefficient (Wildman–Crippen LogP) is 3.42. The number of carboxylic acids is 1. The van der Waals surface area contributed by atoms with E-state index in [1.54, 1.807) is 13.8 Å². The molecule has 0 radical (unpaired) electrons. The topological polar surface area (TPSA) is 66.4 Å². The van der Waals surface area contributed by atoms with Crippen LogP contribution in [0.2, 0.25) is 0 Å². The molecule has 2 N–H and O–H groups in total. The van der Waals surface area contributed by atoms with E-state index < -0.39 is 29.7 Å². The van der Waals surface area contributed by atoms with Crippen LogP contribution in [-0.2, 0) is 15.8 Å². The zero-order valence-corrected chi connectivity index (χ0v) is 13.1. The second kappa shape index (κ2) is 7.48. The molecule has 0 spiro atoms. The Balaban J connectivity index is 2.63. The van der Waals surface area contributed by atoms with Crippen molar-refractivity contribution in [1.29, 1.82) is 0 Å². The number of hydrogen-bond donors (Lipinski definition) is 2. The summed E-state index contributed by atoms with van der Waals surface area (Å²) in [5, 5.41) is 11.5. The van der Waals surface area contributed by atoms with Crippen LogP contribution in [0.15, 0.2) is 24.3 Å². The van der Waals surface area contributed by atoms with Crippen LogP contribution in [-0.4, -0.2) is 23.0 Å². The number of halogens is 3. The van der Waals surface area contributed by atoms with Crippen molar-refractivity contribution >= 4 is 11.9 Å². The van der Waals surface area contributed by atoms with E-state index in [0.29, 0.717) is 5.56 Å². The highest BCUT2D eigenvalue weighted by molar-refractivity contribution is 5.78. The molecule has 0 aliphatic heterocycles. The fourth-order valence-corrected chi connectivity index (χ4v) is 2.05. The molecule has 23 heavy (non-hydrogen) atoms. The number of benzene rings is 1. The first-order valence-corrected chi connectivity index (χ1v) is 7.21. The van der Waals surface area contributed by atoms with Gasteiger partial charge in [0.15, 0.2) is 0 Å². The largest absolute Gasteiger partial charge is 0.481 e. The maximum Gasteiger partial charge on any atom is 0.416 e. The lowest BCUT2D eigenvalue weighted by Gasteiger charge is -2.19. The van der Waals surface area contributed by atoms with Crippen LogP contribution in [0, 0.1) is 5.92 Å². The van der Waals surface area contributed by atoms with Gasteiger partial charge in [-0.15, -0.1) is 0 Å². The summed E-state index contributed by atoms with van der Waals surface area (Å²) in [4.78, 5) is 22.7. The molecule has 0 saturated carbocycles. The van der Waals surface area contributed by atoms with Crippen molar-refractivity contribution in [3.8, 4) is 0 Å². The van der Waals surface area contributed by atoms with Crippen LogP contribution in [0.5, 0.6) is 0 Å². The van der Waals surface area contributed by atoms with E-state index in [9.17, 15) is 22.8 Å². The van der Waals surface area contributed by atoms with Gasteiger partial charge in [0.2, 0.25) is 5.91 Å². The number of carboxylic acid groups (broad SMARTS) is 1. The Morgan fingerprint density at radius 3 is 2.09 bits per heavy atom. The van der Waals surface area contributed by atoms with E-state index in [-0.39, 0.29) is 18.2 Å². The number of alkyl halides is 3. The molecule has 128 valence electrons. The first-order valence-electron chi connectivity index (χ1n) is 7.21. The zero-order valence-electron chi connectivity index (χ0n) is 13.1. The molecule has 3 unspecified atom stereocenters. The number of aliphatic carboxylic acids is 1. The molecule has 1 aromatic carbocycles. The molecular weight excluding hydrogens is 311 g/mol. The SMILES string of the molecule is CC(CC(=O)NC(C)C(C)C(=O)O)c1ccc(C(F)(F)F)cc1. The van der Waals surface area contributed by atoms with E-state index in [1.165, 1.54) is 19.1 Å². The number of nitrogens with one attached hydrogen (secondary N) is 1. The highest BCUT2D eigenvalue weighted by atomic mass is 19.4. The van der Waals surface area contributed by atoms with Gasteiger partial charge in [-0.3, -0.25) is 9.59 Å². The number of carbonyl (C=O) groups is 2. The lowest BCUT2D eigenvalue weighted by Crippen LogP contribution is -2.40. The summed E-state index contributed by atoms with van der Waals surface area (Å²) in [6.45, 7) is 4.82. The van der Waals surface area contributed by atoms with Gasteiger partial charge in [-0.25, -0.2) is 0 Å². The summed E-state index contributed by atoms with van der Waals surface area (Å²) in [7, 11) is 0. The van der Waals surface area contributed by atoms with Crippen LogP contribution in [0.4, 0.5) is 13.2 Å².